The summed E-state index contributed by atoms with van der Waals surface area (Å²) >= 11 is 3.16. The summed E-state index contributed by atoms with van der Waals surface area (Å²) < 4.78 is 0.676. The van der Waals surface area contributed by atoms with Gasteiger partial charge in [0.05, 0.1) is 5.69 Å². The molecule has 5 heteroatoms. The first-order valence-corrected chi connectivity index (χ1v) is 4.02. The number of halogens is 1. The molecule has 0 aliphatic rings. The lowest BCUT2D eigenvalue weighted by Crippen LogP contribution is -2.06. The predicted molar refractivity (Wildman–Crippen MR) is 46.8 cm³/mol. The summed E-state index contributed by atoms with van der Waals surface area (Å²) in [4.78, 5) is 14.3. The van der Waals surface area contributed by atoms with E-state index in [2.05, 4.69) is 20.9 Å². The van der Waals surface area contributed by atoms with Gasteiger partial charge in [-0.2, -0.15) is 0 Å². The SMILES string of the molecule is NCc1cc(Br)cc(C(=O)O)n1. The van der Waals surface area contributed by atoms with Gasteiger partial charge in [-0.15, -0.1) is 0 Å². The van der Waals surface area contributed by atoms with Gasteiger partial charge in [0.15, 0.2) is 0 Å². The van der Waals surface area contributed by atoms with Crippen LogP contribution < -0.4 is 5.73 Å². The number of aromatic carboxylic acids is 1. The van der Waals surface area contributed by atoms with E-state index in [1.807, 2.05) is 0 Å². The van der Waals surface area contributed by atoms with E-state index in [9.17, 15) is 4.79 Å². The van der Waals surface area contributed by atoms with Gasteiger partial charge < -0.3 is 10.8 Å². The Labute approximate surface area is 77.5 Å². The summed E-state index contributed by atoms with van der Waals surface area (Å²) in [6.07, 6.45) is 0. The topological polar surface area (TPSA) is 76.2 Å². The Morgan fingerprint density at radius 2 is 2.33 bits per heavy atom. The largest absolute Gasteiger partial charge is 0.477 e. The standard InChI is InChI=1S/C7H7BrN2O2/c8-4-1-5(3-9)10-6(2-4)7(11)12/h1-2H,3,9H2,(H,11,12). The maximum absolute atomic E-state index is 10.5. The van der Waals surface area contributed by atoms with Gasteiger partial charge in [-0.25, -0.2) is 9.78 Å². The van der Waals surface area contributed by atoms with Gasteiger partial charge in [-0.1, -0.05) is 15.9 Å². The zero-order chi connectivity index (χ0) is 9.14. The molecule has 0 radical (unpaired) electrons. The molecule has 64 valence electrons. The van der Waals surface area contributed by atoms with Crippen LogP contribution in [-0.4, -0.2) is 16.1 Å². The van der Waals surface area contributed by atoms with Crippen LogP contribution in [0.25, 0.3) is 0 Å². The zero-order valence-corrected chi connectivity index (χ0v) is 7.71. The highest BCUT2D eigenvalue weighted by molar-refractivity contribution is 9.10. The molecular weight excluding hydrogens is 224 g/mol. The second kappa shape index (κ2) is 3.64. The number of carbonyl (C=O) groups is 1. The molecule has 0 fully saturated rings. The van der Waals surface area contributed by atoms with Crippen molar-refractivity contribution in [2.75, 3.05) is 0 Å². The Kier molecular flexibility index (Phi) is 2.78. The normalized spacial score (nSPS) is 9.83. The fourth-order valence-corrected chi connectivity index (χ4v) is 1.25. The van der Waals surface area contributed by atoms with Gasteiger partial charge >= 0.3 is 5.97 Å². The molecule has 0 unspecified atom stereocenters. The van der Waals surface area contributed by atoms with Crippen molar-refractivity contribution >= 4 is 21.9 Å². The molecule has 0 spiro atoms. The van der Waals surface area contributed by atoms with Gasteiger partial charge in [-0.3, -0.25) is 0 Å². The molecule has 1 aromatic rings. The van der Waals surface area contributed by atoms with E-state index < -0.39 is 5.97 Å². The molecule has 4 nitrogen and oxygen atoms in total. The smallest absolute Gasteiger partial charge is 0.354 e. The van der Waals surface area contributed by atoms with Crippen LogP contribution in [-0.2, 0) is 6.54 Å². The van der Waals surface area contributed by atoms with E-state index in [1.165, 1.54) is 6.07 Å². The summed E-state index contributed by atoms with van der Waals surface area (Å²) in [6.45, 7) is 0.236. The number of hydrogen-bond donors (Lipinski definition) is 2. The van der Waals surface area contributed by atoms with Crippen molar-refractivity contribution in [2.24, 2.45) is 5.73 Å². The number of nitrogens with two attached hydrogens (primary N) is 1. The third-order valence-corrected chi connectivity index (χ3v) is 1.73. The summed E-state index contributed by atoms with van der Waals surface area (Å²) in [7, 11) is 0. The van der Waals surface area contributed by atoms with E-state index in [4.69, 9.17) is 10.8 Å². The number of hydrogen-bond acceptors (Lipinski definition) is 3. The number of nitrogens with zero attached hydrogens (tertiary/aromatic N) is 1. The number of carboxylic acid groups (broad SMARTS) is 1. The second-order valence-electron chi connectivity index (χ2n) is 2.17. The van der Waals surface area contributed by atoms with Crippen LogP contribution in [0.4, 0.5) is 0 Å². The van der Waals surface area contributed by atoms with Gasteiger partial charge in [0.2, 0.25) is 0 Å². The average Bonchev–Trinajstić information content (AvgIpc) is 2.03. The molecule has 0 aliphatic carbocycles. The van der Waals surface area contributed by atoms with Crippen molar-refractivity contribution in [2.45, 2.75) is 6.54 Å². The Bertz CT molecular complexity index is 314. The third-order valence-electron chi connectivity index (χ3n) is 1.27. The van der Waals surface area contributed by atoms with Crippen LogP contribution in [0, 0.1) is 0 Å². The molecule has 0 bridgehead atoms. The number of rotatable bonds is 2. The van der Waals surface area contributed by atoms with Crippen LogP contribution in [0.15, 0.2) is 16.6 Å². The molecule has 0 saturated carbocycles. The molecule has 0 atom stereocenters. The van der Waals surface area contributed by atoms with E-state index in [1.54, 1.807) is 6.07 Å². The van der Waals surface area contributed by atoms with Crippen molar-refractivity contribution in [1.82, 2.24) is 4.98 Å². The van der Waals surface area contributed by atoms with Crippen molar-refractivity contribution in [3.8, 4) is 0 Å². The van der Waals surface area contributed by atoms with E-state index >= 15 is 0 Å². The van der Waals surface area contributed by atoms with Gasteiger partial charge in [0, 0.05) is 11.0 Å². The summed E-state index contributed by atoms with van der Waals surface area (Å²) in [5, 5.41) is 8.61. The van der Waals surface area contributed by atoms with Crippen LogP contribution in [0.3, 0.4) is 0 Å². The first-order valence-electron chi connectivity index (χ1n) is 3.23. The van der Waals surface area contributed by atoms with Crippen molar-refractivity contribution in [1.29, 1.82) is 0 Å². The van der Waals surface area contributed by atoms with Crippen LogP contribution in [0.2, 0.25) is 0 Å². The number of pyridine rings is 1. The maximum Gasteiger partial charge on any atom is 0.354 e. The molecule has 1 heterocycles. The molecule has 0 saturated heterocycles. The minimum absolute atomic E-state index is 0.00447. The Morgan fingerprint density at radius 3 is 2.83 bits per heavy atom. The third kappa shape index (κ3) is 2.02. The monoisotopic (exact) mass is 230 g/mol. The van der Waals surface area contributed by atoms with Gasteiger partial charge in [0.25, 0.3) is 0 Å². The predicted octanol–water partition coefficient (Wildman–Crippen LogP) is 1.00. The fraction of sp³-hybridized carbons (Fsp3) is 0.143. The Morgan fingerprint density at radius 1 is 1.67 bits per heavy atom. The number of carboxylic acids is 1. The molecule has 1 rings (SSSR count). The minimum atomic E-state index is -1.05. The van der Waals surface area contributed by atoms with E-state index in [-0.39, 0.29) is 12.2 Å². The Balaban J connectivity index is 3.15. The molecular formula is C7H7BrN2O2. The van der Waals surface area contributed by atoms with Crippen molar-refractivity contribution < 1.29 is 9.90 Å². The zero-order valence-electron chi connectivity index (χ0n) is 6.12. The Hall–Kier alpha value is -0.940. The van der Waals surface area contributed by atoms with Gasteiger partial charge in [0.1, 0.15) is 5.69 Å². The van der Waals surface area contributed by atoms with E-state index in [0.717, 1.165) is 0 Å². The highest BCUT2D eigenvalue weighted by Crippen LogP contribution is 2.12. The molecule has 0 aliphatic heterocycles. The summed E-state index contributed by atoms with van der Waals surface area (Å²) in [6, 6.07) is 3.12. The van der Waals surface area contributed by atoms with Crippen LogP contribution >= 0.6 is 15.9 Å². The number of aromatic nitrogens is 1. The molecule has 3 N–H and O–H groups in total. The first kappa shape index (κ1) is 9.15. The minimum Gasteiger partial charge on any atom is -0.477 e. The molecule has 0 aromatic carbocycles. The lowest BCUT2D eigenvalue weighted by atomic mass is 10.3. The summed E-state index contributed by atoms with van der Waals surface area (Å²) in [5.74, 6) is -1.05. The highest BCUT2D eigenvalue weighted by Gasteiger charge is 2.06. The molecule has 0 amide bonds. The van der Waals surface area contributed by atoms with Crippen molar-refractivity contribution in [3.63, 3.8) is 0 Å². The lowest BCUT2D eigenvalue weighted by molar-refractivity contribution is 0.0690. The van der Waals surface area contributed by atoms with Crippen LogP contribution in [0.5, 0.6) is 0 Å². The maximum atomic E-state index is 10.5. The highest BCUT2D eigenvalue weighted by atomic mass is 79.9. The van der Waals surface area contributed by atoms with Crippen LogP contribution in [0.1, 0.15) is 16.2 Å². The van der Waals surface area contributed by atoms with Crippen molar-refractivity contribution in [3.05, 3.63) is 28.0 Å². The van der Waals surface area contributed by atoms with Gasteiger partial charge in [-0.05, 0) is 12.1 Å². The first-order chi connectivity index (χ1) is 5.63. The molecule has 12 heavy (non-hydrogen) atoms. The molecule has 1 aromatic heterocycles. The second-order valence-corrected chi connectivity index (χ2v) is 3.09. The lowest BCUT2D eigenvalue weighted by Gasteiger charge is -1.99. The summed E-state index contributed by atoms with van der Waals surface area (Å²) in [5.41, 5.74) is 5.87. The van der Waals surface area contributed by atoms with E-state index in [0.29, 0.717) is 10.2 Å². The fourth-order valence-electron chi connectivity index (χ4n) is 0.765. The average molecular weight is 231 g/mol. The quantitative estimate of drug-likeness (QED) is 0.795.